The number of halogens is 1. The summed E-state index contributed by atoms with van der Waals surface area (Å²) in [7, 11) is 3.37. The fourth-order valence-electron chi connectivity index (χ4n) is 1.26. The molecule has 0 aromatic carbocycles. The van der Waals surface area contributed by atoms with Gasteiger partial charge >= 0.3 is 0 Å². The SMILES string of the molecule is COCC(C)OCC(CS(=O)(=O)Cl)C(C)C. The van der Waals surface area contributed by atoms with Crippen LogP contribution in [0.15, 0.2) is 0 Å². The molecule has 0 heterocycles. The molecule has 0 bridgehead atoms. The highest BCUT2D eigenvalue weighted by atomic mass is 35.7. The maximum absolute atomic E-state index is 11.0. The molecule has 0 aliphatic carbocycles. The van der Waals surface area contributed by atoms with Crippen LogP contribution >= 0.6 is 10.7 Å². The monoisotopic (exact) mass is 272 g/mol. The Morgan fingerprint density at radius 3 is 2.12 bits per heavy atom. The van der Waals surface area contributed by atoms with Crippen molar-refractivity contribution in [1.29, 1.82) is 0 Å². The standard InChI is InChI=1S/C10H21ClO4S/c1-8(2)10(7-16(11,12)13)6-15-9(3)5-14-4/h8-10H,5-7H2,1-4H3. The molecule has 0 aliphatic heterocycles. The first-order chi connectivity index (χ1) is 7.26. The van der Waals surface area contributed by atoms with Crippen LogP contribution in [0.1, 0.15) is 20.8 Å². The van der Waals surface area contributed by atoms with E-state index >= 15 is 0 Å². The van der Waals surface area contributed by atoms with Gasteiger partial charge in [-0.25, -0.2) is 8.42 Å². The van der Waals surface area contributed by atoms with E-state index in [0.717, 1.165) is 0 Å². The maximum atomic E-state index is 11.0. The van der Waals surface area contributed by atoms with Gasteiger partial charge in [-0.15, -0.1) is 0 Å². The highest BCUT2D eigenvalue weighted by Gasteiger charge is 2.21. The minimum absolute atomic E-state index is 0.0377. The average Bonchev–Trinajstić information content (AvgIpc) is 2.10. The Hall–Kier alpha value is 0.160. The van der Waals surface area contributed by atoms with E-state index in [1.165, 1.54) is 0 Å². The quantitative estimate of drug-likeness (QED) is 0.633. The summed E-state index contributed by atoms with van der Waals surface area (Å²) in [4.78, 5) is 0. The molecule has 98 valence electrons. The van der Waals surface area contributed by atoms with E-state index in [0.29, 0.717) is 13.2 Å². The van der Waals surface area contributed by atoms with Crippen molar-refractivity contribution in [2.24, 2.45) is 11.8 Å². The molecule has 0 rings (SSSR count). The van der Waals surface area contributed by atoms with E-state index < -0.39 is 9.05 Å². The third kappa shape index (κ3) is 8.33. The Kier molecular flexibility index (Phi) is 7.55. The second-order valence-electron chi connectivity index (χ2n) is 4.31. The summed E-state index contributed by atoms with van der Waals surface area (Å²) in [6.07, 6.45) is -0.0377. The Labute approximate surface area is 103 Å². The minimum atomic E-state index is -3.47. The van der Waals surface area contributed by atoms with Crippen molar-refractivity contribution in [1.82, 2.24) is 0 Å². The molecule has 2 unspecified atom stereocenters. The molecule has 0 spiro atoms. The van der Waals surface area contributed by atoms with Crippen LogP contribution < -0.4 is 0 Å². The highest BCUT2D eigenvalue weighted by molar-refractivity contribution is 8.13. The molecule has 0 saturated carbocycles. The van der Waals surface area contributed by atoms with Crippen molar-refractivity contribution in [3.05, 3.63) is 0 Å². The van der Waals surface area contributed by atoms with Crippen LogP contribution in [0.4, 0.5) is 0 Å². The van der Waals surface area contributed by atoms with Crippen molar-refractivity contribution in [3.8, 4) is 0 Å². The Morgan fingerprint density at radius 1 is 1.19 bits per heavy atom. The molecule has 16 heavy (non-hydrogen) atoms. The minimum Gasteiger partial charge on any atom is -0.382 e. The summed E-state index contributed by atoms with van der Waals surface area (Å²) in [6.45, 7) is 6.68. The van der Waals surface area contributed by atoms with Crippen LogP contribution in [0.2, 0.25) is 0 Å². The van der Waals surface area contributed by atoms with Gasteiger partial charge in [0, 0.05) is 17.8 Å². The van der Waals surface area contributed by atoms with Crippen molar-refractivity contribution in [2.45, 2.75) is 26.9 Å². The van der Waals surface area contributed by atoms with Crippen molar-refractivity contribution >= 4 is 19.7 Å². The molecule has 0 N–H and O–H groups in total. The summed E-state index contributed by atoms with van der Waals surface area (Å²) < 4.78 is 32.4. The number of hydrogen-bond acceptors (Lipinski definition) is 4. The van der Waals surface area contributed by atoms with Gasteiger partial charge in [-0.2, -0.15) is 0 Å². The molecule has 0 radical (unpaired) electrons. The summed E-state index contributed by atoms with van der Waals surface area (Å²) in [6, 6.07) is 0. The Bertz CT molecular complexity index is 277. The zero-order valence-corrected chi connectivity index (χ0v) is 11.8. The molecule has 2 atom stereocenters. The van der Waals surface area contributed by atoms with E-state index in [4.69, 9.17) is 20.2 Å². The van der Waals surface area contributed by atoms with Gasteiger partial charge in [0.05, 0.1) is 25.1 Å². The molecular formula is C10H21ClO4S. The molecule has 0 aromatic heterocycles. The Morgan fingerprint density at radius 2 is 1.75 bits per heavy atom. The maximum Gasteiger partial charge on any atom is 0.232 e. The first-order valence-electron chi connectivity index (χ1n) is 5.29. The van der Waals surface area contributed by atoms with E-state index in [2.05, 4.69) is 0 Å². The number of ether oxygens (including phenoxy) is 2. The van der Waals surface area contributed by atoms with Crippen LogP contribution in [0.5, 0.6) is 0 Å². The Balaban J connectivity index is 4.15. The summed E-state index contributed by atoms with van der Waals surface area (Å²) in [5, 5.41) is 0. The molecule has 0 aromatic rings. The lowest BCUT2D eigenvalue weighted by Crippen LogP contribution is -2.26. The van der Waals surface area contributed by atoms with Crippen LogP contribution in [0.25, 0.3) is 0 Å². The average molecular weight is 273 g/mol. The van der Waals surface area contributed by atoms with Gasteiger partial charge in [-0.3, -0.25) is 0 Å². The summed E-state index contributed by atoms with van der Waals surface area (Å²) >= 11 is 0. The van der Waals surface area contributed by atoms with Crippen LogP contribution in [0, 0.1) is 11.8 Å². The number of rotatable bonds is 8. The molecule has 6 heteroatoms. The summed E-state index contributed by atoms with van der Waals surface area (Å²) in [5.41, 5.74) is 0. The number of methoxy groups -OCH3 is 1. The molecule has 4 nitrogen and oxygen atoms in total. The molecule has 0 fully saturated rings. The number of hydrogen-bond donors (Lipinski definition) is 0. The van der Waals surface area contributed by atoms with Gasteiger partial charge in [0.15, 0.2) is 0 Å². The molecule has 0 amide bonds. The van der Waals surface area contributed by atoms with Gasteiger partial charge in [0.1, 0.15) is 0 Å². The third-order valence-electron chi connectivity index (χ3n) is 2.35. The van der Waals surface area contributed by atoms with Crippen molar-refractivity contribution in [2.75, 3.05) is 26.1 Å². The highest BCUT2D eigenvalue weighted by Crippen LogP contribution is 2.16. The van der Waals surface area contributed by atoms with Gasteiger partial charge in [-0.1, -0.05) is 13.8 Å². The van der Waals surface area contributed by atoms with Gasteiger partial charge in [0.2, 0.25) is 9.05 Å². The van der Waals surface area contributed by atoms with Crippen LogP contribution in [-0.2, 0) is 18.5 Å². The predicted octanol–water partition coefficient (Wildman–Crippen LogP) is 1.88. The third-order valence-corrected chi connectivity index (χ3v) is 3.56. The lowest BCUT2D eigenvalue weighted by Gasteiger charge is -2.21. The molecule has 0 saturated heterocycles. The predicted molar refractivity (Wildman–Crippen MR) is 65.3 cm³/mol. The smallest absolute Gasteiger partial charge is 0.232 e. The van der Waals surface area contributed by atoms with Gasteiger partial charge in [-0.05, 0) is 18.8 Å². The van der Waals surface area contributed by atoms with E-state index in [9.17, 15) is 8.42 Å². The van der Waals surface area contributed by atoms with Gasteiger partial charge < -0.3 is 9.47 Å². The van der Waals surface area contributed by atoms with Gasteiger partial charge in [0.25, 0.3) is 0 Å². The topological polar surface area (TPSA) is 52.6 Å². The van der Waals surface area contributed by atoms with E-state index in [-0.39, 0.29) is 23.7 Å². The lowest BCUT2D eigenvalue weighted by molar-refractivity contribution is -0.00973. The zero-order valence-electron chi connectivity index (χ0n) is 10.3. The van der Waals surface area contributed by atoms with E-state index in [1.54, 1.807) is 7.11 Å². The first-order valence-corrected chi connectivity index (χ1v) is 7.77. The van der Waals surface area contributed by atoms with Crippen LogP contribution in [0.3, 0.4) is 0 Å². The lowest BCUT2D eigenvalue weighted by atomic mass is 9.99. The fraction of sp³-hybridized carbons (Fsp3) is 1.00. The second-order valence-corrected chi connectivity index (χ2v) is 7.13. The van der Waals surface area contributed by atoms with Crippen LogP contribution in [-0.4, -0.2) is 40.6 Å². The first kappa shape index (κ1) is 16.2. The van der Waals surface area contributed by atoms with Crippen molar-refractivity contribution in [3.63, 3.8) is 0 Å². The molecular weight excluding hydrogens is 252 g/mol. The molecule has 0 aliphatic rings. The van der Waals surface area contributed by atoms with Crippen molar-refractivity contribution < 1.29 is 17.9 Å². The van der Waals surface area contributed by atoms with E-state index in [1.807, 2.05) is 20.8 Å². The fourth-order valence-corrected chi connectivity index (χ4v) is 2.74. The zero-order chi connectivity index (χ0) is 12.8. The normalized spacial score (nSPS) is 16.4. The summed E-state index contributed by atoms with van der Waals surface area (Å²) in [5.74, 6) is 0.0800. The second kappa shape index (κ2) is 7.48. The largest absolute Gasteiger partial charge is 0.382 e.